The molecule has 5 aromatic rings. The number of rotatable bonds is 5. The number of nitrogens with one attached hydrogen (secondary N) is 1. The van der Waals surface area contributed by atoms with Crippen LogP contribution in [-0.4, -0.2) is 10.2 Å². The van der Waals surface area contributed by atoms with E-state index in [1.165, 1.54) is 16.7 Å². The van der Waals surface area contributed by atoms with Crippen LogP contribution in [0.2, 0.25) is 5.02 Å². The third-order valence-corrected chi connectivity index (χ3v) is 6.23. The molecule has 33 heavy (non-hydrogen) atoms. The van der Waals surface area contributed by atoms with Crippen molar-refractivity contribution in [2.45, 2.75) is 20.4 Å². The quantitative estimate of drug-likeness (QED) is 0.297. The molecule has 0 spiro atoms. The Morgan fingerprint density at radius 2 is 1.55 bits per heavy atom. The van der Waals surface area contributed by atoms with Gasteiger partial charge in [-0.05, 0) is 48.7 Å². The molecule has 0 atom stereocenters. The van der Waals surface area contributed by atoms with E-state index in [9.17, 15) is 0 Å². The summed E-state index contributed by atoms with van der Waals surface area (Å²) in [6, 6.07) is 31.1. The van der Waals surface area contributed by atoms with E-state index in [2.05, 4.69) is 90.0 Å². The van der Waals surface area contributed by atoms with Gasteiger partial charge in [0.05, 0.1) is 5.02 Å². The third-order valence-electron chi connectivity index (χ3n) is 5.93. The van der Waals surface area contributed by atoms with Crippen LogP contribution in [0.3, 0.4) is 0 Å². The second kappa shape index (κ2) is 9.05. The fraction of sp³-hybridized carbons (Fsp3) is 0.103. The molecule has 4 aromatic carbocycles. The first-order valence-corrected chi connectivity index (χ1v) is 11.4. The maximum Gasteiger partial charge on any atom is 0.112 e. The van der Waals surface area contributed by atoms with Gasteiger partial charge < -0.3 is 5.32 Å². The number of halogens is 1. The number of hydrogen-bond donors (Lipinski definition) is 1. The summed E-state index contributed by atoms with van der Waals surface area (Å²) in [5, 5.41) is 14.3. The van der Waals surface area contributed by atoms with Crippen molar-refractivity contribution in [1.29, 1.82) is 0 Å². The van der Waals surface area contributed by atoms with Gasteiger partial charge in [-0.25, -0.2) is 0 Å². The zero-order valence-electron chi connectivity index (χ0n) is 18.6. The maximum absolute atomic E-state index is 6.48. The fourth-order valence-electron chi connectivity index (χ4n) is 4.16. The first kappa shape index (κ1) is 21.2. The van der Waals surface area contributed by atoms with Crippen molar-refractivity contribution in [2.75, 3.05) is 5.32 Å². The van der Waals surface area contributed by atoms with Crippen LogP contribution in [0.4, 0.5) is 5.69 Å². The van der Waals surface area contributed by atoms with Crippen LogP contribution in [0.1, 0.15) is 16.7 Å². The zero-order valence-corrected chi connectivity index (χ0v) is 19.4. The van der Waals surface area contributed by atoms with Gasteiger partial charge in [0.25, 0.3) is 0 Å². The van der Waals surface area contributed by atoms with Crippen molar-refractivity contribution >= 4 is 28.2 Å². The smallest absolute Gasteiger partial charge is 0.112 e. The summed E-state index contributed by atoms with van der Waals surface area (Å²) in [4.78, 5) is 0. The van der Waals surface area contributed by atoms with Crippen LogP contribution in [-0.2, 0) is 6.54 Å². The van der Waals surface area contributed by atoms with E-state index in [0.29, 0.717) is 10.5 Å². The monoisotopic (exact) mass is 449 g/mol. The molecule has 0 aliphatic rings. The molecule has 0 aliphatic carbocycles. The lowest BCUT2D eigenvalue weighted by molar-refractivity contribution is 1.08. The van der Waals surface area contributed by atoms with Gasteiger partial charge in [0, 0.05) is 28.7 Å². The molecule has 5 rings (SSSR count). The van der Waals surface area contributed by atoms with Crippen LogP contribution in [0, 0.1) is 13.8 Å². The Bertz CT molecular complexity index is 1440. The molecular formula is C29H24ClN3. The van der Waals surface area contributed by atoms with Gasteiger partial charge in [0.15, 0.2) is 0 Å². The Morgan fingerprint density at radius 1 is 0.758 bits per heavy atom. The predicted molar refractivity (Wildman–Crippen MR) is 139 cm³/mol. The lowest BCUT2D eigenvalue weighted by Gasteiger charge is -2.15. The Morgan fingerprint density at radius 3 is 2.39 bits per heavy atom. The van der Waals surface area contributed by atoms with E-state index in [1.54, 1.807) is 0 Å². The van der Waals surface area contributed by atoms with Gasteiger partial charge in [0.2, 0.25) is 0 Å². The van der Waals surface area contributed by atoms with Gasteiger partial charge in [-0.2, -0.15) is 0 Å². The summed E-state index contributed by atoms with van der Waals surface area (Å²) in [6.45, 7) is 5.04. The average molecular weight is 450 g/mol. The number of hydrogen-bond acceptors (Lipinski definition) is 3. The maximum atomic E-state index is 6.48. The molecular weight excluding hydrogens is 426 g/mol. The highest BCUT2D eigenvalue weighted by Gasteiger charge is 2.16. The van der Waals surface area contributed by atoms with Crippen LogP contribution in [0.25, 0.3) is 33.3 Å². The molecule has 0 unspecified atom stereocenters. The molecule has 1 aromatic heterocycles. The molecule has 0 saturated heterocycles. The minimum Gasteiger partial charge on any atom is -0.381 e. The van der Waals surface area contributed by atoms with Crippen molar-refractivity contribution in [3.63, 3.8) is 0 Å². The van der Waals surface area contributed by atoms with E-state index in [-0.39, 0.29) is 0 Å². The molecule has 0 amide bonds. The first-order valence-electron chi connectivity index (χ1n) is 11.0. The minimum atomic E-state index is 0.602. The second-order valence-electron chi connectivity index (χ2n) is 8.29. The topological polar surface area (TPSA) is 37.8 Å². The molecule has 3 nitrogen and oxygen atoms in total. The van der Waals surface area contributed by atoms with Crippen molar-refractivity contribution in [1.82, 2.24) is 10.2 Å². The highest BCUT2D eigenvalue weighted by molar-refractivity contribution is 6.35. The SMILES string of the molecule is Cc1ccc(C)c(CNc2cccc(-c3c(-c4ccccc4)nnc4c(Cl)cccc34)c2)c1. The van der Waals surface area contributed by atoms with Crippen LogP contribution in [0.5, 0.6) is 0 Å². The largest absolute Gasteiger partial charge is 0.381 e. The lowest BCUT2D eigenvalue weighted by atomic mass is 9.95. The van der Waals surface area contributed by atoms with E-state index in [0.717, 1.165) is 40.0 Å². The molecule has 0 radical (unpaired) electrons. The number of benzene rings is 4. The summed E-state index contributed by atoms with van der Waals surface area (Å²) in [5.74, 6) is 0. The number of fused-ring (bicyclic) bond motifs is 1. The fourth-order valence-corrected chi connectivity index (χ4v) is 4.37. The summed E-state index contributed by atoms with van der Waals surface area (Å²) in [6.07, 6.45) is 0. The molecule has 1 N–H and O–H groups in total. The van der Waals surface area contributed by atoms with E-state index >= 15 is 0 Å². The van der Waals surface area contributed by atoms with Crippen LogP contribution < -0.4 is 5.32 Å². The molecule has 0 saturated carbocycles. The third kappa shape index (κ3) is 4.33. The second-order valence-corrected chi connectivity index (χ2v) is 8.70. The Labute approximate surface area is 199 Å². The lowest BCUT2D eigenvalue weighted by Crippen LogP contribution is -2.02. The number of aromatic nitrogens is 2. The first-order chi connectivity index (χ1) is 16.1. The molecule has 0 aliphatic heterocycles. The van der Waals surface area contributed by atoms with E-state index in [4.69, 9.17) is 11.6 Å². The van der Waals surface area contributed by atoms with Crippen molar-refractivity contribution in [3.8, 4) is 22.4 Å². The summed E-state index contributed by atoms with van der Waals surface area (Å²) in [5.41, 5.74) is 9.59. The van der Waals surface area contributed by atoms with E-state index < -0.39 is 0 Å². The molecule has 1 heterocycles. The number of aryl methyl sites for hydroxylation is 2. The Balaban J connectivity index is 1.60. The zero-order chi connectivity index (χ0) is 22.8. The van der Waals surface area contributed by atoms with Gasteiger partial charge in [-0.1, -0.05) is 90.0 Å². The van der Waals surface area contributed by atoms with Crippen LogP contribution >= 0.6 is 11.6 Å². The van der Waals surface area contributed by atoms with Gasteiger partial charge in [-0.3, -0.25) is 0 Å². The highest BCUT2D eigenvalue weighted by Crippen LogP contribution is 2.38. The number of nitrogens with zero attached hydrogens (tertiary/aromatic N) is 2. The minimum absolute atomic E-state index is 0.602. The van der Waals surface area contributed by atoms with E-state index in [1.807, 2.05) is 30.3 Å². The van der Waals surface area contributed by atoms with Gasteiger partial charge >= 0.3 is 0 Å². The normalized spacial score (nSPS) is 11.0. The van der Waals surface area contributed by atoms with Gasteiger partial charge in [0.1, 0.15) is 11.2 Å². The summed E-state index contributed by atoms with van der Waals surface area (Å²) < 4.78 is 0. The molecule has 0 fully saturated rings. The summed E-state index contributed by atoms with van der Waals surface area (Å²) in [7, 11) is 0. The van der Waals surface area contributed by atoms with Crippen molar-refractivity contribution in [2.24, 2.45) is 0 Å². The average Bonchev–Trinajstić information content (AvgIpc) is 2.85. The Kier molecular flexibility index (Phi) is 5.80. The highest BCUT2D eigenvalue weighted by atomic mass is 35.5. The molecule has 0 bridgehead atoms. The van der Waals surface area contributed by atoms with Crippen LogP contribution in [0.15, 0.2) is 91.0 Å². The number of anilines is 1. The van der Waals surface area contributed by atoms with Crippen molar-refractivity contribution < 1.29 is 0 Å². The molecule has 4 heteroatoms. The summed E-state index contributed by atoms with van der Waals surface area (Å²) >= 11 is 6.48. The van der Waals surface area contributed by atoms with Gasteiger partial charge in [-0.15, -0.1) is 10.2 Å². The Hall–Kier alpha value is -3.69. The van der Waals surface area contributed by atoms with Crippen molar-refractivity contribution in [3.05, 3.63) is 113 Å². The predicted octanol–water partition coefficient (Wildman–Crippen LogP) is 7.85. The molecule has 162 valence electrons. The standard InChI is InChI=1S/C29H24ClN3/c1-19-14-15-20(2)23(16-19)18-31-24-11-6-10-22(17-24)27-25-12-7-13-26(30)29(25)33-32-28(27)21-8-4-3-5-9-21/h3-17,31H,18H2,1-2H3.